The van der Waals surface area contributed by atoms with E-state index in [1.54, 1.807) is 17.4 Å². The third kappa shape index (κ3) is 3.00. The summed E-state index contributed by atoms with van der Waals surface area (Å²) in [5.41, 5.74) is 13.4. The van der Waals surface area contributed by atoms with Crippen LogP contribution in [-0.4, -0.2) is 5.91 Å². The summed E-state index contributed by atoms with van der Waals surface area (Å²) in [4.78, 5) is 12.6. The largest absolute Gasteiger partial charge is 0.399 e. The fourth-order valence-corrected chi connectivity index (χ4v) is 2.90. The lowest BCUT2D eigenvalue weighted by Gasteiger charge is -2.12. The Balaban J connectivity index is 2.29. The molecule has 4 nitrogen and oxygen atoms in total. The number of hydrogen-bond donors (Lipinski definition) is 3. The van der Waals surface area contributed by atoms with E-state index in [-0.39, 0.29) is 0 Å². The maximum atomic E-state index is 11.4. The molecule has 100 valence electrons. The van der Waals surface area contributed by atoms with E-state index < -0.39 is 5.91 Å². The van der Waals surface area contributed by atoms with E-state index in [0.29, 0.717) is 28.5 Å². The highest BCUT2D eigenvalue weighted by atomic mass is 35.5. The molecule has 1 amide bonds. The zero-order chi connectivity index (χ0) is 14.0. The lowest BCUT2D eigenvalue weighted by Crippen LogP contribution is -2.15. The molecule has 0 aliphatic rings. The number of thiophene rings is 1. The summed E-state index contributed by atoms with van der Waals surface area (Å²) in [5, 5.41) is 5.57. The third-order valence-corrected chi connectivity index (χ3v) is 4.09. The molecule has 0 saturated carbocycles. The van der Waals surface area contributed by atoms with Crippen molar-refractivity contribution in [2.24, 2.45) is 5.73 Å². The van der Waals surface area contributed by atoms with Gasteiger partial charge < -0.3 is 16.8 Å². The van der Waals surface area contributed by atoms with Gasteiger partial charge in [0, 0.05) is 17.1 Å². The Hall–Kier alpha value is -1.72. The van der Waals surface area contributed by atoms with Gasteiger partial charge in [0.15, 0.2) is 0 Å². The molecule has 5 N–H and O–H groups in total. The summed E-state index contributed by atoms with van der Waals surface area (Å²) in [6, 6.07) is 5.16. The standard InChI is InChI=1S/C13H14ClN3OS/c1-7-2-3-19-11(7)6-17-12-9(13(16)18)4-8(15)5-10(12)14/h2-5,17H,6,15H2,1H3,(H2,16,18). The smallest absolute Gasteiger partial charge is 0.250 e. The summed E-state index contributed by atoms with van der Waals surface area (Å²) in [7, 11) is 0. The topological polar surface area (TPSA) is 81.1 Å². The molecule has 0 spiro atoms. The Morgan fingerprint density at radius 3 is 2.79 bits per heavy atom. The first kappa shape index (κ1) is 13.7. The van der Waals surface area contributed by atoms with Crippen molar-refractivity contribution in [3.8, 4) is 0 Å². The molecular formula is C13H14ClN3OS. The Labute approximate surface area is 120 Å². The van der Waals surface area contributed by atoms with Crippen LogP contribution in [-0.2, 0) is 6.54 Å². The van der Waals surface area contributed by atoms with Crippen molar-refractivity contribution in [2.75, 3.05) is 11.1 Å². The highest BCUT2D eigenvalue weighted by molar-refractivity contribution is 7.10. The monoisotopic (exact) mass is 295 g/mol. The Bertz CT molecular complexity index is 624. The zero-order valence-corrected chi connectivity index (χ0v) is 11.9. The van der Waals surface area contributed by atoms with Gasteiger partial charge in [-0.3, -0.25) is 4.79 Å². The Morgan fingerprint density at radius 1 is 1.47 bits per heavy atom. The number of aryl methyl sites for hydroxylation is 1. The van der Waals surface area contributed by atoms with Crippen LogP contribution >= 0.6 is 22.9 Å². The summed E-state index contributed by atoms with van der Waals surface area (Å²) in [6.07, 6.45) is 0. The van der Waals surface area contributed by atoms with Gasteiger partial charge in [0.1, 0.15) is 0 Å². The second-order valence-corrected chi connectivity index (χ2v) is 5.58. The molecule has 0 radical (unpaired) electrons. The molecule has 0 fully saturated rings. The molecule has 0 saturated heterocycles. The number of nitrogen functional groups attached to an aromatic ring is 1. The van der Waals surface area contributed by atoms with Gasteiger partial charge in [-0.25, -0.2) is 0 Å². The van der Waals surface area contributed by atoms with Crippen LogP contribution in [0.1, 0.15) is 20.8 Å². The van der Waals surface area contributed by atoms with Crippen molar-refractivity contribution in [3.63, 3.8) is 0 Å². The van der Waals surface area contributed by atoms with Crippen molar-refractivity contribution in [1.82, 2.24) is 0 Å². The number of hydrogen-bond acceptors (Lipinski definition) is 4. The molecule has 1 aromatic heterocycles. The van der Waals surface area contributed by atoms with Crippen LogP contribution < -0.4 is 16.8 Å². The minimum atomic E-state index is -0.556. The van der Waals surface area contributed by atoms with Crippen molar-refractivity contribution in [3.05, 3.63) is 44.6 Å². The molecule has 0 aliphatic carbocycles. The summed E-state index contributed by atoms with van der Waals surface area (Å²) in [6.45, 7) is 2.63. The van der Waals surface area contributed by atoms with Crippen LogP contribution in [0, 0.1) is 6.92 Å². The second-order valence-electron chi connectivity index (χ2n) is 4.17. The first-order valence-electron chi connectivity index (χ1n) is 5.64. The van der Waals surface area contributed by atoms with Gasteiger partial charge in [-0.15, -0.1) is 11.3 Å². The number of anilines is 2. The predicted octanol–water partition coefficient (Wildman–Crippen LogP) is 3.00. The molecule has 0 atom stereocenters. The molecule has 1 aromatic carbocycles. The Morgan fingerprint density at radius 2 is 2.21 bits per heavy atom. The number of nitrogens with two attached hydrogens (primary N) is 2. The molecule has 1 heterocycles. The zero-order valence-electron chi connectivity index (χ0n) is 10.4. The maximum absolute atomic E-state index is 11.4. The molecule has 0 bridgehead atoms. The number of amides is 1. The molecule has 19 heavy (non-hydrogen) atoms. The lowest BCUT2D eigenvalue weighted by molar-refractivity contribution is 0.100. The van der Waals surface area contributed by atoms with Gasteiger partial charge in [0.05, 0.1) is 16.3 Å². The number of nitrogens with one attached hydrogen (secondary N) is 1. The number of primary amides is 1. The van der Waals surface area contributed by atoms with Gasteiger partial charge in [0.25, 0.3) is 5.91 Å². The van der Waals surface area contributed by atoms with Gasteiger partial charge in [-0.2, -0.15) is 0 Å². The molecule has 2 rings (SSSR count). The number of carbonyl (C=O) groups is 1. The van der Waals surface area contributed by atoms with Crippen LogP contribution in [0.15, 0.2) is 23.6 Å². The van der Waals surface area contributed by atoms with Crippen LogP contribution in [0.3, 0.4) is 0 Å². The van der Waals surface area contributed by atoms with Gasteiger partial charge >= 0.3 is 0 Å². The first-order chi connectivity index (χ1) is 8.99. The molecular weight excluding hydrogens is 282 g/mol. The van der Waals surface area contributed by atoms with E-state index in [0.717, 1.165) is 0 Å². The van der Waals surface area contributed by atoms with Gasteiger partial charge in [-0.05, 0) is 36.1 Å². The van der Waals surface area contributed by atoms with E-state index >= 15 is 0 Å². The van der Waals surface area contributed by atoms with E-state index in [1.807, 2.05) is 18.4 Å². The predicted molar refractivity (Wildman–Crippen MR) is 80.8 cm³/mol. The average molecular weight is 296 g/mol. The van der Waals surface area contributed by atoms with Crippen LogP contribution in [0.25, 0.3) is 0 Å². The number of benzene rings is 1. The Kier molecular flexibility index (Phi) is 3.97. The SMILES string of the molecule is Cc1ccsc1CNc1c(Cl)cc(N)cc1C(N)=O. The van der Waals surface area contributed by atoms with E-state index in [9.17, 15) is 4.79 Å². The number of halogens is 1. The minimum Gasteiger partial charge on any atom is -0.399 e. The molecule has 0 unspecified atom stereocenters. The molecule has 0 aliphatic heterocycles. The van der Waals surface area contributed by atoms with Crippen molar-refractivity contribution in [2.45, 2.75) is 13.5 Å². The fourth-order valence-electron chi connectivity index (χ4n) is 1.76. The number of rotatable bonds is 4. The molecule has 6 heteroatoms. The highest BCUT2D eigenvalue weighted by Crippen LogP contribution is 2.30. The van der Waals surface area contributed by atoms with Crippen LogP contribution in [0.4, 0.5) is 11.4 Å². The average Bonchev–Trinajstić information content (AvgIpc) is 2.73. The van der Waals surface area contributed by atoms with Gasteiger partial charge in [-0.1, -0.05) is 11.6 Å². The van der Waals surface area contributed by atoms with E-state index in [1.165, 1.54) is 16.5 Å². The summed E-state index contributed by atoms with van der Waals surface area (Å²) >= 11 is 7.76. The molecule has 2 aromatic rings. The second kappa shape index (κ2) is 5.50. The third-order valence-electron chi connectivity index (χ3n) is 2.77. The lowest BCUT2D eigenvalue weighted by atomic mass is 10.1. The summed E-state index contributed by atoms with van der Waals surface area (Å²) in [5.74, 6) is -0.556. The van der Waals surface area contributed by atoms with Crippen LogP contribution in [0.5, 0.6) is 0 Å². The van der Waals surface area contributed by atoms with Gasteiger partial charge in [0.2, 0.25) is 0 Å². The van der Waals surface area contributed by atoms with Crippen molar-refractivity contribution >= 4 is 40.2 Å². The fraction of sp³-hybridized carbons (Fsp3) is 0.154. The van der Waals surface area contributed by atoms with Crippen LogP contribution in [0.2, 0.25) is 5.02 Å². The van der Waals surface area contributed by atoms with Crippen molar-refractivity contribution < 1.29 is 4.79 Å². The maximum Gasteiger partial charge on any atom is 0.250 e. The van der Waals surface area contributed by atoms with E-state index in [2.05, 4.69) is 5.32 Å². The summed E-state index contributed by atoms with van der Waals surface area (Å²) < 4.78 is 0. The van der Waals surface area contributed by atoms with E-state index in [4.69, 9.17) is 23.1 Å². The quantitative estimate of drug-likeness (QED) is 0.758. The number of carbonyl (C=O) groups excluding carboxylic acids is 1. The first-order valence-corrected chi connectivity index (χ1v) is 6.90. The van der Waals surface area contributed by atoms with Crippen molar-refractivity contribution in [1.29, 1.82) is 0 Å². The minimum absolute atomic E-state index is 0.305. The normalized spacial score (nSPS) is 10.4. The highest BCUT2D eigenvalue weighted by Gasteiger charge is 2.13.